The first kappa shape index (κ1) is 18.3. The normalized spacial score (nSPS) is 11.2. The zero-order chi connectivity index (χ0) is 17.7. The van der Waals surface area contributed by atoms with Crippen LogP contribution >= 0.6 is 11.6 Å². The van der Waals surface area contributed by atoms with Gasteiger partial charge >= 0.3 is 0 Å². The number of aryl methyl sites for hydroxylation is 1. The third-order valence-electron chi connectivity index (χ3n) is 3.24. The molecule has 0 fully saturated rings. The Bertz CT molecular complexity index is 836. The fraction of sp³-hybridized carbons (Fsp3) is 0.188. The lowest BCUT2D eigenvalue weighted by molar-refractivity contribution is 0.0951. The molecule has 6 nitrogen and oxygen atoms in total. The van der Waals surface area contributed by atoms with Crippen LogP contribution in [0.15, 0.2) is 47.4 Å². The SMILES string of the molecule is Cc1ccc(S(=O)(=O)NCCNC(=O)c2cc(Cl)ccc2O)cc1. The Hall–Kier alpha value is -2.09. The fourth-order valence-corrected chi connectivity index (χ4v) is 3.15. The van der Waals surface area contributed by atoms with Crippen molar-refractivity contribution in [2.24, 2.45) is 0 Å². The van der Waals surface area contributed by atoms with Crippen molar-refractivity contribution in [1.29, 1.82) is 0 Å². The van der Waals surface area contributed by atoms with Crippen LogP contribution in [-0.4, -0.2) is 32.5 Å². The predicted octanol–water partition coefficient (Wildman–Crippen LogP) is 2.06. The number of hydrogen-bond acceptors (Lipinski definition) is 4. The average Bonchev–Trinajstić information content (AvgIpc) is 2.54. The monoisotopic (exact) mass is 368 g/mol. The highest BCUT2D eigenvalue weighted by molar-refractivity contribution is 7.89. The van der Waals surface area contributed by atoms with Gasteiger partial charge in [-0.15, -0.1) is 0 Å². The summed E-state index contributed by atoms with van der Waals surface area (Å²) < 4.78 is 26.5. The Morgan fingerprint density at radius 2 is 1.79 bits per heavy atom. The van der Waals surface area contributed by atoms with Gasteiger partial charge in [-0.05, 0) is 37.3 Å². The van der Waals surface area contributed by atoms with E-state index in [0.717, 1.165) is 5.56 Å². The second-order valence-corrected chi connectivity index (χ2v) is 7.33. The van der Waals surface area contributed by atoms with E-state index >= 15 is 0 Å². The number of nitrogens with one attached hydrogen (secondary N) is 2. The third-order valence-corrected chi connectivity index (χ3v) is 4.95. The summed E-state index contributed by atoms with van der Waals surface area (Å²) in [6.07, 6.45) is 0. The maximum absolute atomic E-state index is 12.1. The maximum atomic E-state index is 12.1. The van der Waals surface area contributed by atoms with Crippen molar-refractivity contribution in [2.45, 2.75) is 11.8 Å². The lowest BCUT2D eigenvalue weighted by atomic mass is 10.2. The van der Waals surface area contributed by atoms with E-state index in [0.29, 0.717) is 5.02 Å². The van der Waals surface area contributed by atoms with Crippen molar-refractivity contribution >= 4 is 27.5 Å². The number of sulfonamides is 1. The molecule has 0 aliphatic rings. The van der Waals surface area contributed by atoms with Gasteiger partial charge in [-0.1, -0.05) is 29.3 Å². The minimum absolute atomic E-state index is 0.0171. The van der Waals surface area contributed by atoms with Crippen molar-refractivity contribution in [3.05, 3.63) is 58.6 Å². The zero-order valence-corrected chi connectivity index (χ0v) is 14.5. The van der Waals surface area contributed by atoms with Crippen molar-refractivity contribution in [3.8, 4) is 5.75 Å². The standard InChI is InChI=1S/C16H17ClN2O4S/c1-11-2-5-13(6-3-11)24(22,23)19-9-8-18-16(21)14-10-12(17)4-7-15(14)20/h2-7,10,19-20H,8-9H2,1H3,(H,18,21). The topological polar surface area (TPSA) is 95.5 Å². The van der Waals surface area contributed by atoms with Gasteiger partial charge in [0, 0.05) is 18.1 Å². The molecule has 0 aliphatic heterocycles. The number of halogens is 1. The van der Waals surface area contributed by atoms with Gasteiger partial charge in [0.2, 0.25) is 10.0 Å². The average molecular weight is 369 g/mol. The lowest BCUT2D eigenvalue weighted by Gasteiger charge is -2.09. The molecule has 0 spiro atoms. The fourth-order valence-electron chi connectivity index (χ4n) is 1.95. The Balaban J connectivity index is 1.89. The highest BCUT2D eigenvalue weighted by atomic mass is 35.5. The molecule has 0 atom stereocenters. The van der Waals surface area contributed by atoms with Crippen LogP contribution in [0.3, 0.4) is 0 Å². The molecule has 0 unspecified atom stereocenters. The molecule has 0 aromatic heterocycles. The Labute approximate surface area is 145 Å². The van der Waals surface area contributed by atoms with E-state index in [9.17, 15) is 18.3 Å². The summed E-state index contributed by atoms with van der Waals surface area (Å²) in [6.45, 7) is 1.95. The number of carbonyl (C=O) groups excluding carboxylic acids is 1. The molecule has 0 saturated heterocycles. The number of hydrogen-bond donors (Lipinski definition) is 3. The molecule has 2 aromatic carbocycles. The largest absolute Gasteiger partial charge is 0.507 e. The molecule has 128 valence electrons. The van der Waals surface area contributed by atoms with E-state index in [1.165, 1.54) is 30.3 Å². The summed E-state index contributed by atoms with van der Waals surface area (Å²) in [5, 5.41) is 12.5. The third kappa shape index (κ3) is 4.70. The van der Waals surface area contributed by atoms with E-state index < -0.39 is 15.9 Å². The van der Waals surface area contributed by atoms with Crippen LogP contribution in [0.5, 0.6) is 5.75 Å². The van der Waals surface area contributed by atoms with Crippen LogP contribution in [0.1, 0.15) is 15.9 Å². The number of phenols is 1. The quantitative estimate of drug-likeness (QED) is 0.680. The van der Waals surface area contributed by atoms with Crippen molar-refractivity contribution in [2.75, 3.05) is 13.1 Å². The number of phenolic OH excluding ortho intramolecular Hbond substituents is 1. The van der Waals surface area contributed by atoms with Gasteiger partial charge in [0.05, 0.1) is 10.5 Å². The molecule has 0 radical (unpaired) electrons. The van der Waals surface area contributed by atoms with E-state index in [-0.39, 0.29) is 29.3 Å². The smallest absolute Gasteiger partial charge is 0.255 e. The highest BCUT2D eigenvalue weighted by Gasteiger charge is 2.14. The summed E-state index contributed by atoms with van der Waals surface area (Å²) >= 11 is 5.78. The molecule has 0 heterocycles. The first-order chi connectivity index (χ1) is 11.3. The summed E-state index contributed by atoms with van der Waals surface area (Å²) in [4.78, 5) is 12.1. The molecular formula is C16H17ClN2O4S. The van der Waals surface area contributed by atoms with Crippen LogP contribution in [0.4, 0.5) is 0 Å². The molecule has 3 N–H and O–H groups in total. The molecule has 8 heteroatoms. The molecule has 0 saturated carbocycles. The number of benzene rings is 2. The highest BCUT2D eigenvalue weighted by Crippen LogP contribution is 2.21. The first-order valence-electron chi connectivity index (χ1n) is 7.12. The Kier molecular flexibility index (Phi) is 5.82. The number of aromatic hydroxyl groups is 1. The summed E-state index contributed by atoms with van der Waals surface area (Å²) in [7, 11) is -3.63. The minimum Gasteiger partial charge on any atom is -0.507 e. The second kappa shape index (κ2) is 7.65. The number of rotatable bonds is 6. The Morgan fingerprint density at radius 1 is 1.12 bits per heavy atom. The molecule has 24 heavy (non-hydrogen) atoms. The first-order valence-corrected chi connectivity index (χ1v) is 8.99. The van der Waals surface area contributed by atoms with E-state index in [1.807, 2.05) is 6.92 Å². The van der Waals surface area contributed by atoms with Crippen molar-refractivity contribution < 1.29 is 18.3 Å². The Morgan fingerprint density at radius 3 is 2.46 bits per heavy atom. The number of carbonyl (C=O) groups is 1. The molecule has 2 aromatic rings. The van der Waals surface area contributed by atoms with Gasteiger partial charge in [0.1, 0.15) is 5.75 Å². The van der Waals surface area contributed by atoms with Gasteiger partial charge in [-0.3, -0.25) is 4.79 Å². The van der Waals surface area contributed by atoms with Crippen LogP contribution in [0.25, 0.3) is 0 Å². The van der Waals surface area contributed by atoms with E-state index in [1.54, 1.807) is 12.1 Å². The van der Waals surface area contributed by atoms with Crippen LogP contribution in [0, 0.1) is 6.92 Å². The van der Waals surface area contributed by atoms with Crippen molar-refractivity contribution in [3.63, 3.8) is 0 Å². The summed E-state index contributed by atoms with van der Waals surface area (Å²) in [6, 6.07) is 10.6. The molecule has 0 bridgehead atoms. The van der Waals surface area contributed by atoms with Crippen LogP contribution in [0.2, 0.25) is 5.02 Å². The summed E-state index contributed by atoms with van der Waals surface area (Å²) in [5.74, 6) is -0.735. The molecular weight excluding hydrogens is 352 g/mol. The minimum atomic E-state index is -3.63. The van der Waals surface area contributed by atoms with Gasteiger partial charge in [0.25, 0.3) is 5.91 Å². The number of amides is 1. The molecule has 0 aliphatic carbocycles. The maximum Gasteiger partial charge on any atom is 0.255 e. The van der Waals surface area contributed by atoms with Crippen LogP contribution < -0.4 is 10.0 Å². The lowest BCUT2D eigenvalue weighted by Crippen LogP contribution is -2.34. The zero-order valence-electron chi connectivity index (χ0n) is 12.9. The van der Waals surface area contributed by atoms with E-state index in [4.69, 9.17) is 11.6 Å². The van der Waals surface area contributed by atoms with Gasteiger partial charge < -0.3 is 10.4 Å². The van der Waals surface area contributed by atoms with Gasteiger partial charge in [-0.25, -0.2) is 13.1 Å². The van der Waals surface area contributed by atoms with E-state index in [2.05, 4.69) is 10.0 Å². The molecule has 2 rings (SSSR count). The van der Waals surface area contributed by atoms with Crippen LogP contribution in [-0.2, 0) is 10.0 Å². The molecule has 1 amide bonds. The predicted molar refractivity (Wildman–Crippen MR) is 91.8 cm³/mol. The second-order valence-electron chi connectivity index (χ2n) is 5.13. The van der Waals surface area contributed by atoms with Crippen molar-refractivity contribution in [1.82, 2.24) is 10.0 Å². The van der Waals surface area contributed by atoms with Gasteiger partial charge in [0.15, 0.2) is 0 Å². The summed E-state index contributed by atoms with van der Waals surface area (Å²) in [5.41, 5.74) is 0.992. The van der Waals surface area contributed by atoms with Gasteiger partial charge in [-0.2, -0.15) is 0 Å².